The summed E-state index contributed by atoms with van der Waals surface area (Å²) in [6.07, 6.45) is 7.07. The van der Waals surface area contributed by atoms with Crippen LogP contribution in [0.1, 0.15) is 92.7 Å². The molecule has 0 spiro atoms. The van der Waals surface area contributed by atoms with Gasteiger partial charge in [0.2, 0.25) is 11.8 Å². The molecule has 0 fully saturated rings. The van der Waals surface area contributed by atoms with Crippen molar-refractivity contribution in [2.24, 2.45) is 23.7 Å². The van der Waals surface area contributed by atoms with E-state index in [0.29, 0.717) is 38.8 Å². The Balaban J connectivity index is 1.40. The average molecular weight is 759 g/mol. The number of Topliss-reactive ketones (excluding diaryl/α,β-unsaturated/α-hetero) is 2. The van der Waals surface area contributed by atoms with Gasteiger partial charge in [-0.1, -0.05) is 41.5 Å². The number of imidazole rings is 2. The Bertz CT molecular complexity index is 1810. The number of fused-ring (bicyclic) bond motifs is 2. The lowest BCUT2D eigenvalue weighted by Gasteiger charge is -2.34. The predicted molar refractivity (Wildman–Crippen MR) is 214 cm³/mol. The molecule has 0 aliphatic heterocycles. The van der Waals surface area contributed by atoms with Crippen LogP contribution in [0, 0.1) is 37.5 Å². The molecular formula is C42H62N8O5. The third-order valence-corrected chi connectivity index (χ3v) is 10.8. The number of ether oxygens (including phenoxy) is 1. The lowest BCUT2D eigenvalue weighted by atomic mass is 9.94. The molecule has 0 aromatic carbocycles. The minimum atomic E-state index is -0.954. The van der Waals surface area contributed by atoms with Crippen LogP contribution in [-0.2, 0) is 37.0 Å². The molecule has 0 radical (unpaired) electrons. The minimum absolute atomic E-state index is 0.126. The number of hydrogen-bond donors (Lipinski definition) is 0. The molecule has 2 amide bonds. The maximum Gasteiger partial charge on any atom is 0.225 e. The smallest absolute Gasteiger partial charge is 0.225 e. The topological polar surface area (TPSA) is 145 Å². The molecule has 0 N–H and O–H groups in total. The van der Waals surface area contributed by atoms with Crippen molar-refractivity contribution >= 4 is 45.4 Å². The normalized spacial score (nSPS) is 15.2. The molecule has 300 valence electrons. The van der Waals surface area contributed by atoms with Gasteiger partial charge >= 0.3 is 0 Å². The van der Waals surface area contributed by atoms with Crippen LogP contribution < -0.4 is 0 Å². The number of pyridine rings is 2. The highest BCUT2D eigenvalue weighted by atomic mass is 16.5. The summed E-state index contributed by atoms with van der Waals surface area (Å²) < 4.78 is 10.4. The molecule has 4 aromatic heterocycles. The molecule has 4 aromatic rings. The van der Waals surface area contributed by atoms with Gasteiger partial charge in [-0.05, 0) is 77.3 Å². The highest BCUT2D eigenvalue weighted by molar-refractivity contribution is 5.94. The number of aromatic nitrogens is 6. The molecule has 13 nitrogen and oxygen atoms in total. The fourth-order valence-corrected chi connectivity index (χ4v) is 7.47. The van der Waals surface area contributed by atoms with Gasteiger partial charge in [-0.25, -0.2) is 9.97 Å². The fraction of sp³-hybridized carbons (Fsp3) is 0.619. The number of likely N-dealkylation sites (N-methyl/N-ethyl adjacent to an activating group) is 2. The van der Waals surface area contributed by atoms with E-state index in [1.165, 1.54) is 0 Å². The molecule has 0 bridgehead atoms. The summed E-state index contributed by atoms with van der Waals surface area (Å²) in [6.45, 7) is 20.2. The zero-order valence-electron chi connectivity index (χ0n) is 34.9. The Morgan fingerprint density at radius 2 is 1.00 bits per heavy atom. The van der Waals surface area contributed by atoms with E-state index in [9.17, 15) is 19.2 Å². The fourth-order valence-electron chi connectivity index (χ4n) is 7.47. The van der Waals surface area contributed by atoms with Gasteiger partial charge in [-0.15, -0.1) is 0 Å². The van der Waals surface area contributed by atoms with Crippen LogP contribution in [0.4, 0.5) is 0 Å². The lowest BCUT2D eigenvalue weighted by Crippen LogP contribution is -2.51. The summed E-state index contributed by atoms with van der Waals surface area (Å²) >= 11 is 0. The number of nitrogens with zero attached hydrogens (tertiary/aromatic N) is 8. The van der Waals surface area contributed by atoms with Crippen molar-refractivity contribution in [1.29, 1.82) is 0 Å². The number of ketones is 2. The van der Waals surface area contributed by atoms with Crippen LogP contribution >= 0.6 is 0 Å². The van der Waals surface area contributed by atoms with Gasteiger partial charge in [-0.3, -0.25) is 29.1 Å². The van der Waals surface area contributed by atoms with Gasteiger partial charge in [0.25, 0.3) is 0 Å². The summed E-state index contributed by atoms with van der Waals surface area (Å²) in [6, 6.07) is 2.40. The molecule has 0 aliphatic rings. The Kier molecular flexibility index (Phi) is 14.8. The molecular weight excluding hydrogens is 697 g/mol. The van der Waals surface area contributed by atoms with Crippen LogP contribution in [0.15, 0.2) is 36.9 Å². The van der Waals surface area contributed by atoms with Gasteiger partial charge in [0.15, 0.2) is 11.6 Å². The maximum absolute atomic E-state index is 14.1. The van der Waals surface area contributed by atoms with Crippen molar-refractivity contribution < 1.29 is 23.9 Å². The quantitative estimate of drug-likeness (QED) is 0.103. The highest BCUT2D eigenvalue weighted by Gasteiger charge is 2.37. The summed E-state index contributed by atoms with van der Waals surface area (Å²) in [5, 5.41) is 0. The molecule has 4 rings (SSSR count). The van der Waals surface area contributed by atoms with Crippen molar-refractivity contribution in [1.82, 2.24) is 38.9 Å². The minimum Gasteiger partial charge on any atom is -0.360 e. The van der Waals surface area contributed by atoms with Crippen LogP contribution in [0.25, 0.3) is 22.1 Å². The molecule has 4 heterocycles. The van der Waals surface area contributed by atoms with Crippen molar-refractivity contribution in [2.75, 3.05) is 14.1 Å². The first-order valence-electron chi connectivity index (χ1n) is 19.7. The van der Waals surface area contributed by atoms with E-state index in [-0.39, 0.29) is 47.1 Å². The second-order valence-electron chi connectivity index (χ2n) is 16.1. The third-order valence-electron chi connectivity index (χ3n) is 10.8. The van der Waals surface area contributed by atoms with E-state index in [0.717, 1.165) is 33.7 Å². The van der Waals surface area contributed by atoms with Crippen LogP contribution in [0.5, 0.6) is 0 Å². The number of amides is 2. The van der Waals surface area contributed by atoms with E-state index in [1.54, 1.807) is 62.5 Å². The first-order valence-corrected chi connectivity index (χ1v) is 19.7. The summed E-state index contributed by atoms with van der Waals surface area (Å²) in [7, 11) is 3.37. The van der Waals surface area contributed by atoms with Gasteiger partial charge in [0.1, 0.15) is 34.9 Å². The Morgan fingerprint density at radius 3 is 1.35 bits per heavy atom. The standard InChI is InChI=1S/C42H62N8O5/c1-25(2)21-37(47(11)41(53)27(5)15-19-49-31(9)45-33-23-43-17-13-35(33)49)39(51)29(7)55-30(8)40(52)38(22-26(3)4)48(12)42(54)28(6)16-20-50-32(10)46-34-24-44-18-14-36(34)50/h13-14,17-18,23-30,37-38H,15-16,19-22H2,1-12H3/t27?,28?,29?,30?,37-,38-/m0/s1. The summed E-state index contributed by atoms with van der Waals surface area (Å²) in [5.74, 6) is 0.506. The molecule has 0 saturated heterocycles. The maximum atomic E-state index is 14.1. The zero-order chi connectivity index (χ0) is 40.7. The van der Waals surface area contributed by atoms with Gasteiger partial charge in [0, 0.05) is 51.4 Å². The van der Waals surface area contributed by atoms with E-state index >= 15 is 0 Å². The lowest BCUT2D eigenvalue weighted by molar-refractivity contribution is -0.153. The molecule has 0 aliphatic carbocycles. The van der Waals surface area contributed by atoms with Crippen molar-refractivity contribution in [3.05, 3.63) is 48.6 Å². The number of carbonyl (C=O) groups is 4. The molecule has 0 saturated carbocycles. The Hall–Kier alpha value is -4.52. The number of aryl methyl sites for hydroxylation is 4. The summed E-state index contributed by atoms with van der Waals surface area (Å²) in [4.78, 5) is 76.4. The molecule has 55 heavy (non-hydrogen) atoms. The third kappa shape index (κ3) is 10.4. The number of rotatable bonds is 20. The van der Waals surface area contributed by atoms with Crippen molar-refractivity contribution in [2.45, 2.75) is 132 Å². The molecule has 6 atom stereocenters. The molecule has 13 heteroatoms. The van der Waals surface area contributed by atoms with E-state index < -0.39 is 24.3 Å². The Morgan fingerprint density at radius 1 is 0.636 bits per heavy atom. The Labute approximate surface area is 326 Å². The molecule has 4 unspecified atom stereocenters. The second kappa shape index (κ2) is 18.9. The van der Waals surface area contributed by atoms with Gasteiger partial charge in [0.05, 0.1) is 35.5 Å². The number of hydrogen-bond acceptors (Lipinski definition) is 9. The SMILES string of the molecule is Cc1nc2cnccc2n1CCC(C)C(=O)N(C)[C@@H](CC(C)C)C(=O)C(C)OC(C)C(=O)[C@H](CC(C)C)N(C)C(=O)C(C)CCn1c(C)nc2cnccc21. The predicted octanol–water partition coefficient (Wildman–Crippen LogP) is 6.22. The van der Waals surface area contributed by atoms with Crippen molar-refractivity contribution in [3.8, 4) is 0 Å². The van der Waals surface area contributed by atoms with E-state index in [2.05, 4.69) is 29.1 Å². The number of carbonyl (C=O) groups excluding carboxylic acids is 4. The van der Waals surface area contributed by atoms with Crippen molar-refractivity contribution in [3.63, 3.8) is 0 Å². The second-order valence-corrected chi connectivity index (χ2v) is 16.1. The van der Waals surface area contributed by atoms with Crippen LogP contribution in [-0.4, -0.2) is 101 Å². The highest BCUT2D eigenvalue weighted by Crippen LogP contribution is 2.24. The van der Waals surface area contributed by atoms with E-state index in [1.807, 2.05) is 67.5 Å². The zero-order valence-corrected chi connectivity index (χ0v) is 34.9. The monoisotopic (exact) mass is 758 g/mol. The van der Waals surface area contributed by atoms with Gasteiger partial charge in [-0.2, -0.15) is 0 Å². The van der Waals surface area contributed by atoms with E-state index in [4.69, 9.17) is 4.74 Å². The van der Waals surface area contributed by atoms with Crippen LogP contribution in [0.3, 0.4) is 0 Å². The first kappa shape index (κ1) is 43.2. The average Bonchev–Trinajstić information content (AvgIpc) is 3.65. The summed E-state index contributed by atoms with van der Waals surface area (Å²) in [5.41, 5.74) is 3.56. The largest absolute Gasteiger partial charge is 0.360 e. The van der Waals surface area contributed by atoms with Gasteiger partial charge < -0.3 is 23.7 Å². The van der Waals surface area contributed by atoms with Crippen LogP contribution in [0.2, 0.25) is 0 Å². The first-order chi connectivity index (χ1) is 25.9.